The highest BCUT2D eigenvalue weighted by Crippen LogP contribution is 2.40. The van der Waals surface area contributed by atoms with Gasteiger partial charge in [-0.2, -0.15) is 13.2 Å². The molecule has 0 radical (unpaired) electrons. The number of thiazole rings is 1. The number of nitrogens with zero attached hydrogens (tertiary/aromatic N) is 3. The number of benzene rings is 2. The number of aryl methyl sites for hydroxylation is 1. The molecular formula is C26H28F3N3O4S. The van der Waals surface area contributed by atoms with Crippen LogP contribution in [0.15, 0.2) is 48.7 Å². The van der Waals surface area contributed by atoms with Crippen molar-refractivity contribution < 1.29 is 32.6 Å². The monoisotopic (exact) mass is 535 g/mol. The second-order valence-electron chi connectivity index (χ2n) is 9.26. The average molecular weight is 536 g/mol. The number of hydrogen-bond acceptors (Lipinski definition) is 6. The van der Waals surface area contributed by atoms with Crippen LogP contribution in [-0.2, 0) is 16.1 Å². The third-order valence-electron chi connectivity index (χ3n) is 6.77. The Morgan fingerprint density at radius 3 is 2.49 bits per heavy atom. The van der Waals surface area contributed by atoms with Gasteiger partial charge in [-0.25, -0.2) is 9.78 Å². The van der Waals surface area contributed by atoms with Crippen molar-refractivity contribution in [2.75, 3.05) is 26.2 Å². The Morgan fingerprint density at radius 1 is 1.14 bits per heavy atom. The largest absolute Gasteiger partial charge is 0.490 e. The number of carboxylic acid groups (broad SMARTS) is 1. The maximum atomic E-state index is 12.9. The minimum absolute atomic E-state index is 0.0859. The number of amides is 1. The molecule has 0 bridgehead atoms. The number of carbonyl (C=O) groups excluding carboxylic acids is 1. The zero-order valence-corrected chi connectivity index (χ0v) is 21.1. The summed E-state index contributed by atoms with van der Waals surface area (Å²) < 4.78 is 37.6. The summed E-state index contributed by atoms with van der Waals surface area (Å²) in [7, 11) is 0. The average Bonchev–Trinajstić information content (AvgIpc) is 3.29. The quantitative estimate of drug-likeness (QED) is 0.501. The molecule has 2 fully saturated rings. The number of piperidine rings is 1. The zero-order valence-electron chi connectivity index (χ0n) is 20.3. The first-order valence-corrected chi connectivity index (χ1v) is 12.7. The topological polar surface area (TPSA) is 83.0 Å². The van der Waals surface area contributed by atoms with E-state index in [4.69, 9.17) is 14.6 Å². The second kappa shape index (κ2) is 11.1. The van der Waals surface area contributed by atoms with Crippen LogP contribution in [-0.4, -0.2) is 69.7 Å². The maximum absolute atomic E-state index is 12.9. The van der Waals surface area contributed by atoms with E-state index in [1.807, 2.05) is 41.4 Å². The van der Waals surface area contributed by atoms with Crippen LogP contribution >= 0.6 is 11.3 Å². The highest BCUT2D eigenvalue weighted by Gasteiger charge is 2.48. The van der Waals surface area contributed by atoms with E-state index in [1.165, 1.54) is 23.1 Å². The van der Waals surface area contributed by atoms with E-state index in [1.54, 1.807) is 11.3 Å². The van der Waals surface area contributed by atoms with Gasteiger partial charge in [-0.05, 0) is 49.1 Å². The molecule has 3 aromatic rings. The molecule has 0 aliphatic carbocycles. The molecule has 2 saturated heterocycles. The normalized spacial score (nSPS) is 19.7. The Labute approximate surface area is 216 Å². The summed E-state index contributed by atoms with van der Waals surface area (Å²) in [5, 5.41) is 10.5. The summed E-state index contributed by atoms with van der Waals surface area (Å²) in [6, 6.07) is 14.2. The maximum Gasteiger partial charge on any atom is 0.490 e. The molecule has 1 aromatic heterocycles. The number of rotatable bonds is 5. The molecule has 1 spiro atoms. The van der Waals surface area contributed by atoms with Crippen LogP contribution in [0.5, 0.6) is 5.75 Å². The Balaban J connectivity index is 0.000000405. The number of fused-ring (bicyclic) bond motifs is 1. The molecule has 1 atom stereocenters. The van der Waals surface area contributed by atoms with Crippen LogP contribution < -0.4 is 4.74 Å². The highest BCUT2D eigenvalue weighted by molar-refractivity contribution is 7.11. The number of likely N-dealkylation sites (tertiary alicyclic amines) is 2. The van der Waals surface area contributed by atoms with Gasteiger partial charge in [0.25, 0.3) is 5.91 Å². The minimum atomic E-state index is -5.08. The lowest BCUT2D eigenvalue weighted by atomic mass is 9.77. The van der Waals surface area contributed by atoms with Gasteiger partial charge in [0, 0.05) is 42.8 Å². The fourth-order valence-corrected chi connectivity index (χ4v) is 5.59. The van der Waals surface area contributed by atoms with Crippen LogP contribution in [0.2, 0.25) is 0 Å². The Hall–Kier alpha value is -3.18. The van der Waals surface area contributed by atoms with Crippen molar-refractivity contribution in [2.45, 2.75) is 44.4 Å². The molecule has 1 N–H and O–H groups in total. The van der Waals surface area contributed by atoms with E-state index in [0.717, 1.165) is 48.7 Å². The molecule has 3 heterocycles. The lowest BCUT2D eigenvalue weighted by Crippen LogP contribution is -2.67. The first kappa shape index (κ1) is 26.9. The summed E-state index contributed by atoms with van der Waals surface area (Å²) in [6.07, 6.45) is 0.301. The predicted molar refractivity (Wildman–Crippen MR) is 134 cm³/mol. The molecule has 11 heteroatoms. The molecule has 37 heavy (non-hydrogen) atoms. The molecule has 5 rings (SSSR count). The van der Waals surface area contributed by atoms with E-state index >= 15 is 0 Å². The highest BCUT2D eigenvalue weighted by atomic mass is 32.1. The van der Waals surface area contributed by atoms with Gasteiger partial charge in [-0.1, -0.05) is 30.3 Å². The van der Waals surface area contributed by atoms with Crippen molar-refractivity contribution >= 4 is 34.0 Å². The molecule has 1 amide bonds. The number of hydrogen-bond donors (Lipinski definition) is 1. The summed E-state index contributed by atoms with van der Waals surface area (Å²) >= 11 is 1.77. The molecule has 1 unspecified atom stereocenters. The Kier molecular flexibility index (Phi) is 8.03. The standard InChI is InChI=1S/C24H27N3O2S.C2HF3O2/c1-18-25-14-22(30-18)15-27-12-10-24(27)9-4-11-26(17-24)23(28)16-29-21-8-7-19-5-2-3-6-20(19)13-21;3-2(4,5)1(6)7/h2-3,5-8,13-14H,4,9-12,15-17H2,1H3;(H,6,7). The number of carbonyl (C=O) groups is 2. The summed E-state index contributed by atoms with van der Waals surface area (Å²) in [6.45, 7) is 5.84. The van der Waals surface area contributed by atoms with Crippen LogP contribution in [0.1, 0.15) is 29.1 Å². The van der Waals surface area contributed by atoms with Gasteiger partial charge in [0.05, 0.1) is 5.01 Å². The van der Waals surface area contributed by atoms with E-state index < -0.39 is 12.1 Å². The van der Waals surface area contributed by atoms with Crippen LogP contribution in [0.25, 0.3) is 10.8 Å². The van der Waals surface area contributed by atoms with Gasteiger partial charge in [-0.3, -0.25) is 9.69 Å². The van der Waals surface area contributed by atoms with Crippen molar-refractivity contribution in [2.24, 2.45) is 0 Å². The lowest BCUT2D eigenvalue weighted by molar-refractivity contribution is -0.192. The van der Waals surface area contributed by atoms with Gasteiger partial charge >= 0.3 is 12.1 Å². The number of halogens is 3. The molecule has 198 valence electrons. The van der Waals surface area contributed by atoms with Gasteiger partial charge in [-0.15, -0.1) is 11.3 Å². The van der Waals surface area contributed by atoms with Crippen molar-refractivity contribution in [1.29, 1.82) is 0 Å². The summed E-state index contributed by atoms with van der Waals surface area (Å²) in [5.74, 6) is -1.92. The third kappa shape index (κ3) is 6.58. The van der Waals surface area contributed by atoms with Gasteiger partial charge < -0.3 is 14.7 Å². The van der Waals surface area contributed by atoms with Gasteiger partial charge in [0.15, 0.2) is 6.61 Å². The predicted octanol–water partition coefficient (Wildman–Crippen LogP) is 4.88. The molecule has 2 aromatic carbocycles. The van der Waals surface area contributed by atoms with Crippen LogP contribution in [0, 0.1) is 6.92 Å². The van der Waals surface area contributed by atoms with E-state index in [0.29, 0.717) is 0 Å². The number of aromatic nitrogens is 1. The van der Waals surface area contributed by atoms with Crippen molar-refractivity contribution in [3.8, 4) is 5.75 Å². The minimum Gasteiger partial charge on any atom is -0.484 e. The van der Waals surface area contributed by atoms with E-state index in [-0.39, 0.29) is 18.1 Å². The van der Waals surface area contributed by atoms with Crippen molar-refractivity contribution in [3.05, 3.63) is 58.5 Å². The summed E-state index contributed by atoms with van der Waals surface area (Å²) in [4.78, 5) is 32.1. The smallest absolute Gasteiger partial charge is 0.484 e. The summed E-state index contributed by atoms with van der Waals surface area (Å²) in [5.41, 5.74) is 0.134. The second-order valence-corrected chi connectivity index (χ2v) is 10.6. The van der Waals surface area contributed by atoms with Crippen molar-refractivity contribution in [3.63, 3.8) is 0 Å². The molecule has 2 aliphatic rings. The van der Waals surface area contributed by atoms with Gasteiger partial charge in [0.2, 0.25) is 0 Å². The first-order valence-electron chi connectivity index (χ1n) is 11.9. The van der Waals surface area contributed by atoms with Crippen molar-refractivity contribution in [1.82, 2.24) is 14.8 Å². The molecule has 7 nitrogen and oxygen atoms in total. The molecule has 2 aliphatic heterocycles. The number of carboxylic acids is 1. The Bertz CT molecular complexity index is 1270. The lowest BCUT2D eigenvalue weighted by Gasteiger charge is -2.57. The zero-order chi connectivity index (χ0) is 26.6. The van der Waals surface area contributed by atoms with Crippen LogP contribution in [0.4, 0.5) is 13.2 Å². The SMILES string of the molecule is Cc1ncc(CN2CCC23CCCN(C(=O)COc2ccc4ccccc4c2)C3)s1.O=C(O)C(F)(F)F. The molecular weight excluding hydrogens is 507 g/mol. The fraction of sp³-hybridized carbons (Fsp3) is 0.423. The third-order valence-corrected chi connectivity index (χ3v) is 7.67. The van der Waals surface area contributed by atoms with Gasteiger partial charge in [0.1, 0.15) is 5.75 Å². The first-order chi connectivity index (χ1) is 17.6. The molecule has 0 saturated carbocycles. The van der Waals surface area contributed by atoms with E-state index in [9.17, 15) is 18.0 Å². The van der Waals surface area contributed by atoms with E-state index in [2.05, 4.69) is 28.9 Å². The fourth-order valence-electron chi connectivity index (χ4n) is 4.78. The number of alkyl halides is 3. The number of ether oxygens (including phenoxy) is 1. The Morgan fingerprint density at radius 2 is 1.86 bits per heavy atom. The van der Waals surface area contributed by atoms with Crippen LogP contribution in [0.3, 0.4) is 0 Å². The number of aliphatic carboxylic acids is 1.